The predicted octanol–water partition coefficient (Wildman–Crippen LogP) is 2.05. The maximum Gasteiger partial charge on any atom is 0.222 e. The van der Waals surface area contributed by atoms with Crippen LogP contribution in [0.4, 0.5) is 0 Å². The van der Waals surface area contributed by atoms with Gasteiger partial charge >= 0.3 is 0 Å². The van der Waals surface area contributed by atoms with E-state index in [-0.39, 0.29) is 18.0 Å². The minimum Gasteiger partial charge on any atom is -0.338 e. The molecule has 1 aromatic rings. The van der Waals surface area contributed by atoms with E-state index in [0.29, 0.717) is 25.3 Å². The van der Waals surface area contributed by atoms with Crippen molar-refractivity contribution < 1.29 is 4.79 Å². The number of hydrogen-bond acceptors (Lipinski definition) is 3. The van der Waals surface area contributed by atoms with Gasteiger partial charge in [-0.2, -0.15) is 0 Å². The lowest BCUT2D eigenvalue weighted by molar-refractivity contribution is -0.136. The van der Waals surface area contributed by atoms with Gasteiger partial charge in [0.15, 0.2) is 0 Å². The molecule has 1 heterocycles. The summed E-state index contributed by atoms with van der Waals surface area (Å²) >= 11 is 0. The molecule has 1 amide bonds. The van der Waals surface area contributed by atoms with Gasteiger partial charge in [-0.15, -0.1) is 0 Å². The summed E-state index contributed by atoms with van der Waals surface area (Å²) in [7, 11) is 0. The van der Waals surface area contributed by atoms with Gasteiger partial charge in [0.2, 0.25) is 5.91 Å². The number of benzene rings is 1. The highest BCUT2D eigenvalue weighted by molar-refractivity contribution is 5.76. The van der Waals surface area contributed by atoms with E-state index < -0.39 is 0 Å². The van der Waals surface area contributed by atoms with Crippen molar-refractivity contribution in [3.8, 4) is 0 Å². The van der Waals surface area contributed by atoms with Gasteiger partial charge in [-0.05, 0) is 30.7 Å². The third kappa shape index (κ3) is 4.05. The Labute approximate surface area is 127 Å². The van der Waals surface area contributed by atoms with Crippen LogP contribution in [-0.4, -0.2) is 29.9 Å². The van der Waals surface area contributed by atoms with Gasteiger partial charge in [0.05, 0.1) is 0 Å². The first-order valence-electron chi connectivity index (χ1n) is 7.93. The van der Waals surface area contributed by atoms with Gasteiger partial charge in [-0.3, -0.25) is 4.79 Å². The Morgan fingerprint density at radius 3 is 2.76 bits per heavy atom. The molecular weight excluding hydrogens is 262 g/mol. The van der Waals surface area contributed by atoms with E-state index >= 15 is 0 Å². The van der Waals surface area contributed by atoms with Crippen LogP contribution < -0.4 is 11.5 Å². The highest BCUT2D eigenvalue weighted by atomic mass is 16.2. The molecule has 1 aliphatic rings. The van der Waals surface area contributed by atoms with E-state index in [1.54, 1.807) is 0 Å². The zero-order valence-corrected chi connectivity index (χ0v) is 12.9. The van der Waals surface area contributed by atoms with Crippen LogP contribution in [0.15, 0.2) is 30.3 Å². The normalized spacial score (nSPS) is 23.9. The molecule has 0 unspecified atom stereocenters. The largest absolute Gasteiger partial charge is 0.338 e. The first-order valence-corrected chi connectivity index (χ1v) is 7.93. The summed E-state index contributed by atoms with van der Waals surface area (Å²) in [6.07, 6.45) is 3.42. The Morgan fingerprint density at radius 1 is 1.38 bits per heavy atom. The molecule has 116 valence electrons. The zero-order valence-electron chi connectivity index (χ0n) is 12.9. The van der Waals surface area contributed by atoms with Crippen molar-refractivity contribution >= 4 is 5.91 Å². The Morgan fingerprint density at radius 2 is 2.10 bits per heavy atom. The molecule has 4 nitrogen and oxygen atoms in total. The van der Waals surface area contributed by atoms with Crippen molar-refractivity contribution in [3.63, 3.8) is 0 Å². The number of piperidine rings is 1. The predicted molar refractivity (Wildman–Crippen MR) is 85.6 cm³/mol. The minimum atomic E-state index is -0.0753. The smallest absolute Gasteiger partial charge is 0.222 e. The first kappa shape index (κ1) is 16.0. The van der Waals surface area contributed by atoms with Crippen LogP contribution in [0.2, 0.25) is 0 Å². The zero-order chi connectivity index (χ0) is 15.2. The fourth-order valence-corrected chi connectivity index (χ4v) is 3.21. The minimum absolute atomic E-state index is 0.0753. The topological polar surface area (TPSA) is 72.3 Å². The maximum absolute atomic E-state index is 12.5. The summed E-state index contributed by atoms with van der Waals surface area (Å²) < 4.78 is 0. The molecule has 2 rings (SSSR count). The number of carbonyl (C=O) groups excluding carboxylic acids is 1. The summed E-state index contributed by atoms with van der Waals surface area (Å²) in [4.78, 5) is 14.4. The molecule has 1 aliphatic heterocycles. The second-order valence-electron chi connectivity index (χ2n) is 6.07. The molecule has 4 heteroatoms. The summed E-state index contributed by atoms with van der Waals surface area (Å²) in [5.74, 6) is 0.693. The molecule has 0 bridgehead atoms. The fourth-order valence-electron chi connectivity index (χ4n) is 3.21. The van der Waals surface area contributed by atoms with Crippen LogP contribution in [0.1, 0.15) is 44.2 Å². The third-order valence-electron chi connectivity index (χ3n) is 4.57. The number of amides is 1. The molecule has 1 aromatic carbocycles. The van der Waals surface area contributed by atoms with Crippen LogP contribution in [0.3, 0.4) is 0 Å². The van der Waals surface area contributed by atoms with E-state index in [1.165, 1.54) is 0 Å². The van der Waals surface area contributed by atoms with Crippen molar-refractivity contribution in [2.24, 2.45) is 17.4 Å². The average Bonchev–Trinajstić information content (AvgIpc) is 2.52. The summed E-state index contributed by atoms with van der Waals surface area (Å²) in [5.41, 5.74) is 13.1. The highest BCUT2D eigenvalue weighted by Crippen LogP contribution is 2.24. The third-order valence-corrected chi connectivity index (χ3v) is 4.57. The average molecular weight is 289 g/mol. The number of nitrogens with two attached hydrogens (primary N) is 2. The van der Waals surface area contributed by atoms with Gasteiger partial charge in [0.25, 0.3) is 0 Å². The molecule has 0 aromatic heterocycles. The number of carbonyl (C=O) groups is 1. The van der Waals surface area contributed by atoms with Crippen molar-refractivity contribution in [2.45, 2.75) is 44.7 Å². The standard InChI is InChI=1S/C17H27N3O/c1-13-6-5-11-20(16(13)12-18)17(21)10-9-15(19)14-7-3-2-4-8-14/h2-4,7-8,13,15-16H,5-6,9-12,18-19H2,1H3/t13-,15-,16-/m1/s1. The second kappa shape index (κ2) is 7.57. The molecule has 0 aliphatic carbocycles. The van der Waals surface area contributed by atoms with Crippen molar-refractivity contribution in [1.82, 2.24) is 4.90 Å². The Hall–Kier alpha value is -1.39. The number of rotatable bonds is 5. The summed E-state index contributed by atoms with van der Waals surface area (Å²) in [6.45, 7) is 3.58. The van der Waals surface area contributed by atoms with Gasteiger partial charge in [-0.1, -0.05) is 37.3 Å². The van der Waals surface area contributed by atoms with E-state index in [9.17, 15) is 4.79 Å². The summed E-state index contributed by atoms with van der Waals surface area (Å²) in [6, 6.07) is 10.1. The fraction of sp³-hybridized carbons (Fsp3) is 0.588. The first-order chi connectivity index (χ1) is 10.1. The van der Waals surface area contributed by atoms with E-state index in [2.05, 4.69) is 6.92 Å². The van der Waals surface area contributed by atoms with Gasteiger partial charge in [-0.25, -0.2) is 0 Å². The quantitative estimate of drug-likeness (QED) is 0.871. The summed E-state index contributed by atoms with van der Waals surface area (Å²) in [5, 5.41) is 0. The lowest BCUT2D eigenvalue weighted by atomic mass is 9.90. The Bertz CT molecular complexity index is 449. The van der Waals surface area contributed by atoms with E-state index in [0.717, 1.165) is 24.9 Å². The van der Waals surface area contributed by atoms with E-state index in [1.807, 2.05) is 35.2 Å². The van der Waals surface area contributed by atoms with Crippen molar-refractivity contribution in [1.29, 1.82) is 0 Å². The van der Waals surface area contributed by atoms with Gasteiger partial charge in [0, 0.05) is 31.6 Å². The Balaban J connectivity index is 1.89. The van der Waals surface area contributed by atoms with Crippen molar-refractivity contribution in [2.75, 3.05) is 13.1 Å². The molecule has 21 heavy (non-hydrogen) atoms. The second-order valence-corrected chi connectivity index (χ2v) is 6.07. The van der Waals surface area contributed by atoms with Crippen LogP contribution in [0.5, 0.6) is 0 Å². The number of nitrogens with zero attached hydrogens (tertiary/aromatic N) is 1. The van der Waals surface area contributed by atoms with Crippen LogP contribution >= 0.6 is 0 Å². The lowest BCUT2D eigenvalue weighted by Gasteiger charge is -2.39. The molecular formula is C17H27N3O. The van der Waals surface area contributed by atoms with Gasteiger partial charge < -0.3 is 16.4 Å². The molecule has 0 saturated carbocycles. The number of likely N-dealkylation sites (tertiary alicyclic amines) is 1. The molecule has 3 atom stereocenters. The maximum atomic E-state index is 12.5. The van der Waals surface area contributed by atoms with Gasteiger partial charge in [0.1, 0.15) is 0 Å². The van der Waals surface area contributed by atoms with E-state index in [4.69, 9.17) is 11.5 Å². The number of hydrogen-bond donors (Lipinski definition) is 2. The SMILES string of the molecule is C[C@@H]1CCCN(C(=O)CC[C@@H](N)c2ccccc2)[C@@H]1CN. The Kier molecular flexibility index (Phi) is 5.76. The highest BCUT2D eigenvalue weighted by Gasteiger charge is 2.30. The van der Waals surface area contributed by atoms with Crippen LogP contribution in [0.25, 0.3) is 0 Å². The molecule has 0 spiro atoms. The molecule has 1 fully saturated rings. The monoisotopic (exact) mass is 289 g/mol. The van der Waals surface area contributed by atoms with Crippen molar-refractivity contribution in [3.05, 3.63) is 35.9 Å². The van der Waals surface area contributed by atoms with Crippen LogP contribution in [-0.2, 0) is 4.79 Å². The lowest BCUT2D eigenvalue weighted by Crippen LogP contribution is -2.51. The molecule has 0 radical (unpaired) electrons. The van der Waals surface area contributed by atoms with Crippen LogP contribution in [0, 0.1) is 5.92 Å². The molecule has 4 N–H and O–H groups in total. The molecule has 1 saturated heterocycles.